The molecule has 1 aliphatic rings. The lowest BCUT2D eigenvalue weighted by Gasteiger charge is -2.25. The number of hydrogen-bond donors (Lipinski definition) is 2. The van der Waals surface area contributed by atoms with E-state index in [2.05, 4.69) is 42.0 Å². The van der Waals surface area contributed by atoms with Crippen LogP contribution in [0.15, 0.2) is 35.7 Å². The minimum Gasteiger partial charge on any atom is -0.271 e. The molecule has 1 saturated carbocycles. The van der Waals surface area contributed by atoms with E-state index in [0.29, 0.717) is 12.0 Å². The molecule has 21 heavy (non-hydrogen) atoms. The summed E-state index contributed by atoms with van der Waals surface area (Å²) in [6, 6.07) is 10.7. The van der Waals surface area contributed by atoms with Gasteiger partial charge in [-0.15, -0.1) is 11.3 Å². The van der Waals surface area contributed by atoms with Crippen LogP contribution < -0.4 is 11.3 Å². The van der Waals surface area contributed by atoms with Crippen molar-refractivity contribution in [3.8, 4) is 11.3 Å². The normalized spacial score (nSPS) is 23.3. The van der Waals surface area contributed by atoms with E-state index in [1.54, 1.807) is 11.3 Å². The third kappa shape index (κ3) is 3.34. The van der Waals surface area contributed by atoms with Crippen molar-refractivity contribution in [1.82, 2.24) is 10.4 Å². The number of benzene rings is 1. The van der Waals surface area contributed by atoms with Gasteiger partial charge in [0.25, 0.3) is 0 Å². The van der Waals surface area contributed by atoms with Crippen LogP contribution in [0.2, 0.25) is 0 Å². The van der Waals surface area contributed by atoms with Gasteiger partial charge in [0, 0.05) is 23.4 Å². The first-order valence-corrected chi connectivity index (χ1v) is 8.62. The summed E-state index contributed by atoms with van der Waals surface area (Å²) < 4.78 is 0. The molecule has 3 nitrogen and oxygen atoms in total. The summed E-state index contributed by atoms with van der Waals surface area (Å²) >= 11 is 1.74. The average Bonchev–Trinajstić information content (AvgIpc) is 3.15. The van der Waals surface area contributed by atoms with Crippen molar-refractivity contribution < 1.29 is 0 Å². The fourth-order valence-corrected chi connectivity index (χ4v) is 4.30. The second kappa shape index (κ2) is 6.69. The number of rotatable bonds is 5. The van der Waals surface area contributed by atoms with E-state index >= 15 is 0 Å². The zero-order valence-electron chi connectivity index (χ0n) is 12.5. The highest BCUT2D eigenvalue weighted by molar-refractivity contribution is 7.09. The summed E-state index contributed by atoms with van der Waals surface area (Å²) in [6.45, 7) is 2.35. The molecule has 1 fully saturated rings. The van der Waals surface area contributed by atoms with Crippen LogP contribution >= 0.6 is 11.3 Å². The molecule has 1 aromatic heterocycles. The maximum absolute atomic E-state index is 5.81. The van der Waals surface area contributed by atoms with Gasteiger partial charge < -0.3 is 0 Å². The average molecular weight is 301 g/mol. The van der Waals surface area contributed by atoms with Crippen molar-refractivity contribution in [3.63, 3.8) is 0 Å². The molecule has 0 spiro atoms. The number of nitrogens with one attached hydrogen (secondary N) is 1. The smallest absolute Gasteiger partial charge is 0.0948 e. The number of hydrazine groups is 1. The van der Waals surface area contributed by atoms with Crippen molar-refractivity contribution >= 4 is 11.3 Å². The Kier molecular flexibility index (Phi) is 4.68. The lowest BCUT2D eigenvalue weighted by atomic mass is 9.89. The predicted molar refractivity (Wildman–Crippen MR) is 88.9 cm³/mol. The fraction of sp³-hybridized carbons (Fsp3) is 0.471. The highest BCUT2D eigenvalue weighted by Crippen LogP contribution is 2.35. The van der Waals surface area contributed by atoms with E-state index in [4.69, 9.17) is 10.8 Å². The molecule has 2 aromatic rings. The number of aromatic nitrogens is 1. The van der Waals surface area contributed by atoms with Crippen LogP contribution in [0.4, 0.5) is 0 Å². The van der Waals surface area contributed by atoms with Crippen LogP contribution in [0.1, 0.15) is 31.2 Å². The largest absolute Gasteiger partial charge is 0.271 e. The molecule has 1 aromatic carbocycles. The van der Waals surface area contributed by atoms with Crippen LogP contribution in [-0.4, -0.2) is 11.0 Å². The van der Waals surface area contributed by atoms with Crippen LogP contribution in [0.3, 0.4) is 0 Å². The van der Waals surface area contributed by atoms with Crippen LogP contribution in [0.25, 0.3) is 11.3 Å². The highest BCUT2D eigenvalue weighted by Gasteiger charge is 2.30. The molecule has 3 atom stereocenters. The summed E-state index contributed by atoms with van der Waals surface area (Å²) in [5, 5.41) is 3.33. The third-order valence-corrected chi connectivity index (χ3v) is 5.55. The van der Waals surface area contributed by atoms with E-state index in [1.807, 2.05) is 6.07 Å². The van der Waals surface area contributed by atoms with Crippen molar-refractivity contribution in [2.45, 2.75) is 38.6 Å². The molecular weight excluding hydrogens is 278 g/mol. The van der Waals surface area contributed by atoms with E-state index in [0.717, 1.165) is 18.0 Å². The molecule has 0 bridgehead atoms. The predicted octanol–water partition coefficient (Wildman–Crippen LogP) is 3.62. The van der Waals surface area contributed by atoms with Gasteiger partial charge in [-0.3, -0.25) is 11.3 Å². The molecule has 112 valence electrons. The number of hydrogen-bond acceptors (Lipinski definition) is 4. The topological polar surface area (TPSA) is 50.9 Å². The summed E-state index contributed by atoms with van der Waals surface area (Å²) in [5.74, 6) is 7.25. The molecule has 0 radical (unpaired) electrons. The third-order valence-electron chi connectivity index (χ3n) is 4.67. The van der Waals surface area contributed by atoms with Crippen molar-refractivity contribution in [1.29, 1.82) is 0 Å². The van der Waals surface area contributed by atoms with Crippen molar-refractivity contribution in [2.75, 3.05) is 0 Å². The van der Waals surface area contributed by atoms with E-state index in [1.165, 1.54) is 29.8 Å². The Bertz CT molecular complexity index is 566. The lowest BCUT2D eigenvalue weighted by Crippen LogP contribution is -2.43. The Hall–Kier alpha value is -1.23. The molecule has 0 aliphatic heterocycles. The quantitative estimate of drug-likeness (QED) is 0.655. The maximum Gasteiger partial charge on any atom is 0.0948 e. The van der Waals surface area contributed by atoms with Gasteiger partial charge in [-0.2, -0.15) is 0 Å². The zero-order valence-corrected chi connectivity index (χ0v) is 13.3. The Morgan fingerprint density at radius 3 is 2.81 bits per heavy atom. The summed E-state index contributed by atoms with van der Waals surface area (Å²) in [7, 11) is 0. The Morgan fingerprint density at radius 2 is 2.14 bits per heavy atom. The van der Waals surface area contributed by atoms with Gasteiger partial charge in [0.15, 0.2) is 0 Å². The molecule has 0 saturated heterocycles. The van der Waals surface area contributed by atoms with E-state index in [9.17, 15) is 0 Å². The van der Waals surface area contributed by atoms with Crippen molar-refractivity contribution in [3.05, 3.63) is 40.7 Å². The molecule has 3 unspecified atom stereocenters. The minimum absolute atomic E-state index is 0.345. The van der Waals surface area contributed by atoms with Gasteiger partial charge in [0.05, 0.1) is 10.7 Å². The zero-order chi connectivity index (χ0) is 14.7. The van der Waals surface area contributed by atoms with Gasteiger partial charge in [0.1, 0.15) is 0 Å². The summed E-state index contributed by atoms with van der Waals surface area (Å²) in [4.78, 5) is 4.79. The van der Waals surface area contributed by atoms with Crippen LogP contribution in [0.5, 0.6) is 0 Å². The SMILES string of the molecule is CC1CCCC1C(Cc1nc(-c2ccccc2)cs1)NN. The van der Waals surface area contributed by atoms with Gasteiger partial charge in [0.2, 0.25) is 0 Å². The van der Waals surface area contributed by atoms with E-state index < -0.39 is 0 Å². The molecule has 3 rings (SSSR count). The molecule has 4 heteroatoms. The Balaban J connectivity index is 1.71. The highest BCUT2D eigenvalue weighted by atomic mass is 32.1. The van der Waals surface area contributed by atoms with Crippen LogP contribution in [0, 0.1) is 11.8 Å². The van der Waals surface area contributed by atoms with Crippen molar-refractivity contribution in [2.24, 2.45) is 17.7 Å². The van der Waals surface area contributed by atoms with Gasteiger partial charge in [-0.1, -0.05) is 50.1 Å². The minimum atomic E-state index is 0.345. The second-order valence-electron chi connectivity index (χ2n) is 6.04. The summed E-state index contributed by atoms with van der Waals surface area (Å²) in [5.41, 5.74) is 5.30. The lowest BCUT2D eigenvalue weighted by molar-refractivity contribution is 0.297. The Morgan fingerprint density at radius 1 is 1.33 bits per heavy atom. The molecular formula is C17H23N3S. The monoisotopic (exact) mass is 301 g/mol. The van der Waals surface area contributed by atoms with Gasteiger partial charge in [-0.25, -0.2) is 4.98 Å². The Labute approximate surface area is 130 Å². The molecule has 0 amide bonds. The molecule has 3 N–H and O–H groups in total. The van der Waals surface area contributed by atoms with Gasteiger partial charge >= 0.3 is 0 Å². The van der Waals surface area contributed by atoms with Crippen LogP contribution in [-0.2, 0) is 6.42 Å². The molecule has 1 heterocycles. The number of thiazole rings is 1. The molecule has 1 aliphatic carbocycles. The van der Waals surface area contributed by atoms with E-state index in [-0.39, 0.29) is 0 Å². The first-order chi connectivity index (χ1) is 10.3. The first-order valence-electron chi connectivity index (χ1n) is 7.74. The maximum atomic E-state index is 5.81. The number of nitrogens with two attached hydrogens (primary N) is 1. The fourth-order valence-electron chi connectivity index (χ4n) is 3.44. The first kappa shape index (κ1) is 14.7. The van der Waals surface area contributed by atoms with Gasteiger partial charge in [-0.05, 0) is 18.3 Å². The summed E-state index contributed by atoms with van der Waals surface area (Å²) in [6.07, 6.45) is 4.88. The standard InChI is InChI=1S/C17H23N3S/c1-12-6-5-9-14(12)15(20-18)10-17-19-16(11-21-17)13-7-3-2-4-8-13/h2-4,7-8,11-12,14-15,20H,5-6,9-10,18H2,1H3. The second-order valence-corrected chi connectivity index (χ2v) is 6.98. The number of nitrogens with zero attached hydrogens (tertiary/aromatic N) is 1.